The van der Waals surface area contributed by atoms with Gasteiger partial charge >= 0.3 is 0 Å². The van der Waals surface area contributed by atoms with Crippen molar-refractivity contribution in [3.05, 3.63) is 42.4 Å². The van der Waals surface area contributed by atoms with Crippen LogP contribution in [0.4, 0.5) is 5.69 Å². The summed E-state index contributed by atoms with van der Waals surface area (Å²) >= 11 is 1.39. The Morgan fingerprint density at radius 2 is 2.18 bits per heavy atom. The fourth-order valence-electron chi connectivity index (χ4n) is 2.11. The molecule has 0 unspecified atom stereocenters. The number of hydrogen-bond acceptors (Lipinski definition) is 5. The van der Waals surface area contributed by atoms with Gasteiger partial charge in [0.25, 0.3) is 0 Å². The van der Waals surface area contributed by atoms with Gasteiger partial charge in [-0.25, -0.2) is 8.42 Å². The largest absolute Gasteiger partial charge is 0.468 e. The highest BCUT2D eigenvalue weighted by molar-refractivity contribution is 8.00. The number of nitrogens with one attached hydrogen (secondary N) is 1. The third-order valence-corrected chi connectivity index (χ3v) is 6.12. The first kappa shape index (κ1) is 15.1. The molecule has 0 spiro atoms. The number of carbonyl (C=O) groups is 1. The molecule has 0 saturated heterocycles. The van der Waals surface area contributed by atoms with Crippen molar-refractivity contribution < 1.29 is 17.6 Å². The first-order valence-electron chi connectivity index (χ1n) is 6.52. The number of thioether (sulfide) groups is 1. The summed E-state index contributed by atoms with van der Waals surface area (Å²) in [6, 6.07) is 8.19. The number of amides is 1. The molecule has 3 rings (SSSR count). The Hall–Kier alpha value is -1.77. The molecule has 0 fully saturated rings. The van der Waals surface area contributed by atoms with E-state index in [1.165, 1.54) is 35.4 Å². The van der Waals surface area contributed by atoms with Crippen LogP contribution < -0.4 is 5.32 Å². The van der Waals surface area contributed by atoms with E-state index in [1.54, 1.807) is 24.3 Å². The van der Waals surface area contributed by atoms with Crippen molar-refractivity contribution in [3.63, 3.8) is 0 Å². The molecule has 1 aromatic heterocycles. The van der Waals surface area contributed by atoms with E-state index >= 15 is 0 Å². The first-order valence-corrected chi connectivity index (χ1v) is 8.95. The van der Waals surface area contributed by atoms with Crippen LogP contribution >= 0.6 is 11.8 Å². The zero-order valence-electron chi connectivity index (χ0n) is 11.8. The predicted octanol–water partition coefficient (Wildman–Crippen LogP) is 2.14. The monoisotopic (exact) mass is 338 g/mol. The SMILES string of the molecule is CN(Cc1ccco1)S(=O)(=O)c1ccc2c(c1)NC(=O)CS2. The average Bonchev–Trinajstić information content (AvgIpc) is 2.99. The topological polar surface area (TPSA) is 79.6 Å². The molecular formula is C14H14N2O4S2. The van der Waals surface area contributed by atoms with Crippen LogP contribution in [0.1, 0.15) is 5.76 Å². The van der Waals surface area contributed by atoms with Crippen molar-refractivity contribution in [3.8, 4) is 0 Å². The Morgan fingerprint density at radius 3 is 2.91 bits per heavy atom. The van der Waals surface area contributed by atoms with Crippen LogP contribution in [0.2, 0.25) is 0 Å². The van der Waals surface area contributed by atoms with Gasteiger partial charge in [-0.15, -0.1) is 11.8 Å². The van der Waals surface area contributed by atoms with E-state index < -0.39 is 10.0 Å². The number of rotatable bonds is 4. The lowest BCUT2D eigenvalue weighted by atomic mass is 10.3. The molecule has 6 nitrogen and oxygen atoms in total. The Balaban J connectivity index is 1.88. The molecule has 0 saturated carbocycles. The number of nitrogens with zero attached hydrogens (tertiary/aromatic N) is 1. The molecular weight excluding hydrogens is 324 g/mol. The fraction of sp³-hybridized carbons (Fsp3) is 0.214. The van der Waals surface area contributed by atoms with E-state index in [2.05, 4.69) is 5.32 Å². The van der Waals surface area contributed by atoms with Gasteiger partial charge in [-0.1, -0.05) is 0 Å². The van der Waals surface area contributed by atoms with E-state index in [0.717, 1.165) is 4.90 Å². The summed E-state index contributed by atoms with van der Waals surface area (Å²) in [5.41, 5.74) is 0.536. The molecule has 0 radical (unpaired) electrons. The highest BCUT2D eigenvalue weighted by Crippen LogP contribution is 2.33. The van der Waals surface area contributed by atoms with Crippen LogP contribution in [0.25, 0.3) is 0 Å². The maximum Gasteiger partial charge on any atom is 0.243 e. The minimum absolute atomic E-state index is 0.129. The van der Waals surface area contributed by atoms with Gasteiger partial charge in [-0.05, 0) is 30.3 Å². The van der Waals surface area contributed by atoms with Crippen molar-refractivity contribution in [1.29, 1.82) is 0 Å². The van der Waals surface area contributed by atoms with Crippen LogP contribution in [-0.4, -0.2) is 31.4 Å². The van der Waals surface area contributed by atoms with Gasteiger partial charge in [0.15, 0.2) is 0 Å². The van der Waals surface area contributed by atoms with Gasteiger partial charge in [-0.2, -0.15) is 4.31 Å². The zero-order valence-corrected chi connectivity index (χ0v) is 13.4. The molecule has 2 heterocycles. The van der Waals surface area contributed by atoms with E-state index in [-0.39, 0.29) is 17.3 Å². The highest BCUT2D eigenvalue weighted by Gasteiger charge is 2.24. The summed E-state index contributed by atoms with van der Waals surface area (Å²) < 4.78 is 31.6. The third kappa shape index (κ3) is 2.90. The van der Waals surface area contributed by atoms with Gasteiger partial charge in [0.1, 0.15) is 5.76 Å². The molecule has 1 amide bonds. The number of fused-ring (bicyclic) bond motifs is 1. The second-order valence-electron chi connectivity index (χ2n) is 4.84. The molecule has 0 atom stereocenters. The van der Waals surface area contributed by atoms with Crippen LogP contribution in [0, 0.1) is 0 Å². The van der Waals surface area contributed by atoms with Gasteiger partial charge in [0, 0.05) is 11.9 Å². The molecule has 8 heteroatoms. The molecule has 1 N–H and O–H groups in total. The predicted molar refractivity (Wildman–Crippen MR) is 83.2 cm³/mol. The fourth-order valence-corrected chi connectivity index (χ4v) is 4.06. The lowest BCUT2D eigenvalue weighted by Gasteiger charge is -2.20. The van der Waals surface area contributed by atoms with Crippen LogP contribution in [0.5, 0.6) is 0 Å². The third-order valence-electron chi connectivity index (χ3n) is 3.25. The first-order chi connectivity index (χ1) is 10.5. The molecule has 2 aromatic rings. The van der Waals surface area contributed by atoms with Crippen LogP contribution in [0.3, 0.4) is 0 Å². The summed E-state index contributed by atoms with van der Waals surface area (Å²) in [7, 11) is -2.16. The number of hydrogen-bond donors (Lipinski definition) is 1. The Kier molecular flexibility index (Phi) is 3.98. The summed E-state index contributed by atoms with van der Waals surface area (Å²) in [6.45, 7) is 0.146. The summed E-state index contributed by atoms with van der Waals surface area (Å²) in [5.74, 6) is 0.779. The van der Waals surface area contributed by atoms with Gasteiger partial charge in [-0.3, -0.25) is 4.79 Å². The minimum atomic E-state index is -3.65. The molecule has 22 heavy (non-hydrogen) atoms. The Morgan fingerprint density at radius 1 is 1.36 bits per heavy atom. The number of carbonyl (C=O) groups excluding carboxylic acids is 1. The van der Waals surface area contributed by atoms with Crippen LogP contribution in [0.15, 0.2) is 50.8 Å². The van der Waals surface area contributed by atoms with Crippen LogP contribution in [-0.2, 0) is 21.4 Å². The number of furan rings is 1. The zero-order chi connectivity index (χ0) is 15.7. The van der Waals surface area contributed by atoms with Crippen molar-refractivity contribution in [2.45, 2.75) is 16.3 Å². The van der Waals surface area contributed by atoms with E-state index in [9.17, 15) is 13.2 Å². The normalized spacial score (nSPS) is 14.7. The summed E-state index contributed by atoms with van der Waals surface area (Å²) in [4.78, 5) is 12.4. The second-order valence-corrected chi connectivity index (χ2v) is 7.90. The maximum atomic E-state index is 12.6. The molecule has 1 aliphatic heterocycles. The van der Waals surface area contributed by atoms with Gasteiger partial charge < -0.3 is 9.73 Å². The van der Waals surface area contributed by atoms with Gasteiger partial charge in [0.05, 0.1) is 29.1 Å². The molecule has 116 valence electrons. The van der Waals surface area contributed by atoms with Crippen molar-refractivity contribution in [1.82, 2.24) is 4.31 Å². The minimum Gasteiger partial charge on any atom is -0.468 e. The molecule has 0 bridgehead atoms. The smallest absolute Gasteiger partial charge is 0.243 e. The highest BCUT2D eigenvalue weighted by atomic mass is 32.2. The van der Waals surface area contributed by atoms with Crippen molar-refractivity contribution in [2.75, 3.05) is 18.1 Å². The quantitative estimate of drug-likeness (QED) is 0.924. The second kappa shape index (κ2) is 5.79. The lowest BCUT2D eigenvalue weighted by molar-refractivity contribution is -0.113. The lowest BCUT2D eigenvalue weighted by Crippen LogP contribution is -2.27. The van der Waals surface area contributed by atoms with E-state index in [0.29, 0.717) is 17.2 Å². The Labute approximate surface area is 132 Å². The Bertz CT molecular complexity index is 800. The van der Waals surface area contributed by atoms with E-state index in [1.807, 2.05) is 0 Å². The summed E-state index contributed by atoms with van der Waals surface area (Å²) in [5, 5.41) is 2.70. The molecule has 1 aliphatic rings. The number of sulfonamides is 1. The van der Waals surface area contributed by atoms with Crippen molar-refractivity contribution >= 4 is 33.4 Å². The van der Waals surface area contributed by atoms with E-state index in [4.69, 9.17) is 4.42 Å². The standard InChI is InChI=1S/C14H14N2O4S2/c1-16(8-10-3-2-6-20-10)22(18,19)11-4-5-13-12(7-11)15-14(17)9-21-13/h2-7H,8-9H2,1H3,(H,15,17). The number of benzene rings is 1. The maximum absolute atomic E-state index is 12.6. The van der Waals surface area contributed by atoms with Gasteiger partial charge in [0.2, 0.25) is 15.9 Å². The molecule has 1 aromatic carbocycles. The summed E-state index contributed by atoms with van der Waals surface area (Å²) in [6.07, 6.45) is 1.50. The molecule has 0 aliphatic carbocycles. The van der Waals surface area contributed by atoms with Crippen molar-refractivity contribution in [2.24, 2.45) is 0 Å². The number of anilines is 1. The average molecular weight is 338 g/mol.